The van der Waals surface area contributed by atoms with Gasteiger partial charge in [0.2, 0.25) is 5.91 Å². The number of hydrogen-bond acceptors (Lipinski definition) is 3. The summed E-state index contributed by atoms with van der Waals surface area (Å²) < 4.78 is 15.8. The van der Waals surface area contributed by atoms with Gasteiger partial charge in [0, 0.05) is 24.5 Å². The first-order valence-corrected chi connectivity index (χ1v) is 8.83. The third kappa shape index (κ3) is 4.62. The SMILES string of the molecule is Cc1ccc(C(=O)NCC(=O)NCc2ccc(-n3ccnc3)c(F)c2)cc1C. The number of rotatable bonds is 6. The maximum atomic E-state index is 14.2. The van der Waals surface area contributed by atoms with E-state index in [0.29, 0.717) is 16.8 Å². The molecule has 3 aromatic rings. The zero-order chi connectivity index (χ0) is 20.1. The lowest BCUT2D eigenvalue weighted by Gasteiger charge is -2.10. The van der Waals surface area contributed by atoms with Gasteiger partial charge in [-0.15, -0.1) is 0 Å². The van der Waals surface area contributed by atoms with Gasteiger partial charge in [-0.3, -0.25) is 9.59 Å². The number of nitrogens with zero attached hydrogens (tertiary/aromatic N) is 2. The van der Waals surface area contributed by atoms with Crippen molar-refractivity contribution in [3.05, 3.63) is 83.2 Å². The fraction of sp³-hybridized carbons (Fsp3) is 0.190. The molecule has 1 aromatic heterocycles. The molecule has 0 radical (unpaired) electrons. The smallest absolute Gasteiger partial charge is 0.251 e. The van der Waals surface area contributed by atoms with Crippen molar-refractivity contribution < 1.29 is 14.0 Å². The van der Waals surface area contributed by atoms with Crippen molar-refractivity contribution >= 4 is 11.8 Å². The van der Waals surface area contributed by atoms with Crippen LogP contribution in [0, 0.1) is 19.7 Å². The van der Waals surface area contributed by atoms with Crippen LogP contribution in [0.5, 0.6) is 0 Å². The molecule has 0 spiro atoms. The summed E-state index contributed by atoms with van der Waals surface area (Å²) in [5.41, 5.74) is 3.62. The standard InChI is InChI=1S/C21H21FN4O2/c1-14-3-5-17(9-15(14)2)21(28)25-12-20(27)24-11-16-4-6-19(18(22)10-16)26-8-7-23-13-26/h3-10,13H,11-12H2,1-2H3,(H,24,27)(H,25,28). The lowest BCUT2D eigenvalue weighted by molar-refractivity contribution is -0.120. The highest BCUT2D eigenvalue weighted by Gasteiger charge is 2.10. The van der Waals surface area contributed by atoms with E-state index in [-0.39, 0.29) is 24.9 Å². The molecular formula is C21H21FN4O2. The molecule has 0 bridgehead atoms. The Balaban J connectivity index is 1.51. The second-order valence-electron chi connectivity index (χ2n) is 6.51. The monoisotopic (exact) mass is 380 g/mol. The minimum atomic E-state index is -0.409. The van der Waals surface area contributed by atoms with Gasteiger partial charge in [-0.1, -0.05) is 12.1 Å². The molecule has 0 fully saturated rings. The number of amides is 2. The lowest BCUT2D eigenvalue weighted by atomic mass is 10.1. The van der Waals surface area contributed by atoms with E-state index in [9.17, 15) is 14.0 Å². The summed E-state index contributed by atoms with van der Waals surface area (Å²) >= 11 is 0. The minimum Gasteiger partial charge on any atom is -0.350 e. The lowest BCUT2D eigenvalue weighted by Crippen LogP contribution is -2.36. The molecular weight excluding hydrogens is 359 g/mol. The van der Waals surface area contributed by atoms with Gasteiger partial charge in [0.05, 0.1) is 18.6 Å². The molecule has 0 unspecified atom stereocenters. The molecule has 3 rings (SSSR count). The van der Waals surface area contributed by atoms with Crippen molar-refractivity contribution in [1.29, 1.82) is 0 Å². The first kappa shape index (κ1) is 19.3. The highest BCUT2D eigenvalue weighted by molar-refractivity contribution is 5.96. The first-order valence-electron chi connectivity index (χ1n) is 8.83. The van der Waals surface area contributed by atoms with E-state index in [1.807, 2.05) is 19.9 Å². The van der Waals surface area contributed by atoms with Crippen LogP contribution in [0.15, 0.2) is 55.1 Å². The molecule has 2 amide bonds. The van der Waals surface area contributed by atoms with E-state index in [4.69, 9.17) is 0 Å². The fourth-order valence-electron chi connectivity index (χ4n) is 2.68. The maximum Gasteiger partial charge on any atom is 0.251 e. The quantitative estimate of drug-likeness (QED) is 0.690. The molecule has 0 aliphatic rings. The van der Waals surface area contributed by atoms with Crippen LogP contribution in [-0.2, 0) is 11.3 Å². The Morgan fingerprint density at radius 2 is 1.89 bits per heavy atom. The van der Waals surface area contributed by atoms with Crippen LogP contribution in [0.3, 0.4) is 0 Å². The van der Waals surface area contributed by atoms with Crippen molar-refractivity contribution in [3.63, 3.8) is 0 Å². The van der Waals surface area contributed by atoms with E-state index in [0.717, 1.165) is 11.1 Å². The van der Waals surface area contributed by atoms with Gasteiger partial charge in [0.25, 0.3) is 5.91 Å². The Labute approximate surface area is 162 Å². The number of carbonyl (C=O) groups is 2. The van der Waals surface area contributed by atoms with Crippen LogP contribution in [-0.4, -0.2) is 27.9 Å². The maximum absolute atomic E-state index is 14.2. The Kier molecular flexibility index (Phi) is 5.84. The molecule has 0 aliphatic heterocycles. The zero-order valence-corrected chi connectivity index (χ0v) is 15.7. The fourth-order valence-corrected chi connectivity index (χ4v) is 2.68. The summed E-state index contributed by atoms with van der Waals surface area (Å²) in [5.74, 6) is -1.07. The predicted molar refractivity (Wildman–Crippen MR) is 104 cm³/mol. The van der Waals surface area contributed by atoms with Gasteiger partial charge in [-0.25, -0.2) is 9.37 Å². The van der Waals surface area contributed by atoms with Crippen molar-refractivity contribution in [2.75, 3.05) is 6.54 Å². The second-order valence-corrected chi connectivity index (χ2v) is 6.51. The number of benzene rings is 2. The number of nitrogens with one attached hydrogen (secondary N) is 2. The summed E-state index contributed by atoms with van der Waals surface area (Å²) in [5, 5.41) is 5.25. The van der Waals surface area contributed by atoms with Crippen molar-refractivity contribution in [2.45, 2.75) is 20.4 Å². The Morgan fingerprint density at radius 1 is 1.07 bits per heavy atom. The minimum absolute atomic E-state index is 0.151. The largest absolute Gasteiger partial charge is 0.350 e. The van der Waals surface area contributed by atoms with Crippen LogP contribution in [0.1, 0.15) is 27.0 Å². The molecule has 2 aromatic carbocycles. The van der Waals surface area contributed by atoms with Gasteiger partial charge in [-0.2, -0.15) is 0 Å². The number of aryl methyl sites for hydroxylation is 2. The Morgan fingerprint density at radius 3 is 2.57 bits per heavy atom. The van der Waals surface area contributed by atoms with Crippen LogP contribution in [0.4, 0.5) is 4.39 Å². The summed E-state index contributed by atoms with van der Waals surface area (Å²) in [6.45, 7) is 3.91. The van der Waals surface area contributed by atoms with Crippen LogP contribution in [0.2, 0.25) is 0 Å². The normalized spacial score (nSPS) is 10.5. The Hall–Kier alpha value is -3.48. The van der Waals surface area contributed by atoms with Gasteiger partial charge >= 0.3 is 0 Å². The number of carbonyl (C=O) groups excluding carboxylic acids is 2. The Bertz CT molecular complexity index is 1000. The molecule has 0 atom stereocenters. The summed E-state index contributed by atoms with van der Waals surface area (Å²) in [7, 11) is 0. The zero-order valence-electron chi connectivity index (χ0n) is 15.7. The topological polar surface area (TPSA) is 76.0 Å². The third-order valence-corrected chi connectivity index (χ3v) is 4.46. The number of hydrogen-bond donors (Lipinski definition) is 2. The summed E-state index contributed by atoms with van der Waals surface area (Å²) in [6, 6.07) is 10.1. The summed E-state index contributed by atoms with van der Waals surface area (Å²) in [6.07, 6.45) is 4.73. The molecule has 28 heavy (non-hydrogen) atoms. The van der Waals surface area contributed by atoms with Gasteiger partial charge in [0.1, 0.15) is 5.82 Å². The predicted octanol–water partition coefficient (Wildman–Crippen LogP) is 2.67. The van der Waals surface area contributed by atoms with Crippen LogP contribution < -0.4 is 10.6 Å². The van der Waals surface area contributed by atoms with E-state index in [2.05, 4.69) is 15.6 Å². The van der Waals surface area contributed by atoms with Gasteiger partial charge in [0.15, 0.2) is 0 Å². The average Bonchev–Trinajstić information content (AvgIpc) is 3.21. The van der Waals surface area contributed by atoms with Crippen LogP contribution >= 0.6 is 0 Å². The number of halogens is 1. The van der Waals surface area contributed by atoms with E-state index in [1.165, 1.54) is 12.4 Å². The van der Waals surface area contributed by atoms with E-state index >= 15 is 0 Å². The number of imidazole rings is 1. The van der Waals surface area contributed by atoms with E-state index < -0.39 is 5.82 Å². The highest BCUT2D eigenvalue weighted by Crippen LogP contribution is 2.15. The summed E-state index contributed by atoms with van der Waals surface area (Å²) in [4.78, 5) is 28.0. The molecule has 0 saturated carbocycles. The molecule has 7 heteroatoms. The molecule has 2 N–H and O–H groups in total. The molecule has 6 nitrogen and oxygen atoms in total. The van der Waals surface area contributed by atoms with Crippen LogP contribution in [0.25, 0.3) is 5.69 Å². The average molecular weight is 380 g/mol. The van der Waals surface area contributed by atoms with Crippen molar-refractivity contribution in [1.82, 2.24) is 20.2 Å². The number of aromatic nitrogens is 2. The first-order chi connectivity index (χ1) is 13.4. The van der Waals surface area contributed by atoms with Gasteiger partial charge < -0.3 is 15.2 Å². The second kappa shape index (κ2) is 8.47. The molecule has 144 valence electrons. The van der Waals surface area contributed by atoms with E-state index in [1.54, 1.807) is 41.2 Å². The third-order valence-electron chi connectivity index (χ3n) is 4.46. The van der Waals surface area contributed by atoms with Gasteiger partial charge in [-0.05, 0) is 54.8 Å². The van der Waals surface area contributed by atoms with Crippen molar-refractivity contribution in [2.24, 2.45) is 0 Å². The molecule has 0 aliphatic carbocycles. The highest BCUT2D eigenvalue weighted by atomic mass is 19.1. The van der Waals surface area contributed by atoms with Crippen molar-refractivity contribution in [3.8, 4) is 5.69 Å². The molecule has 1 heterocycles. The molecule has 0 saturated heterocycles.